The maximum Gasteiger partial charge on any atom is 0.175 e. The van der Waals surface area contributed by atoms with Crippen molar-refractivity contribution in [3.63, 3.8) is 0 Å². The highest BCUT2D eigenvalue weighted by Crippen LogP contribution is 2.45. The smallest absolute Gasteiger partial charge is 0.175 e. The Morgan fingerprint density at radius 3 is 2.04 bits per heavy atom. The Morgan fingerprint density at radius 1 is 0.792 bits per heavy atom. The minimum Gasteiger partial charge on any atom is -0.244 e. The second-order valence-electron chi connectivity index (χ2n) is 6.05. The number of hydrogen-bond donors (Lipinski definition) is 0. The Morgan fingerprint density at radius 2 is 1.42 bits per heavy atom. The van der Waals surface area contributed by atoms with Gasteiger partial charge in [-0.15, -0.1) is 0 Å². The topological polar surface area (TPSA) is 59.9 Å². The van der Waals surface area contributed by atoms with E-state index in [-0.39, 0.29) is 4.90 Å². The zero-order valence-electron chi connectivity index (χ0n) is 12.8. The minimum absolute atomic E-state index is 0.262. The largest absolute Gasteiger partial charge is 0.244 e. The number of sulfone groups is 1. The maximum atomic E-state index is 11.8. The van der Waals surface area contributed by atoms with Crippen LogP contribution in [0.15, 0.2) is 59.5 Å². The fraction of sp³-hybridized carbons (Fsp3) is 0.0526. The van der Waals surface area contributed by atoms with Crippen molar-refractivity contribution in [2.45, 2.75) is 4.90 Å². The van der Waals surface area contributed by atoms with Crippen LogP contribution in [-0.4, -0.2) is 24.6 Å². The van der Waals surface area contributed by atoms with Gasteiger partial charge in [0.2, 0.25) is 0 Å². The highest BCUT2D eigenvalue weighted by Gasteiger charge is 2.24. The van der Waals surface area contributed by atoms with Crippen molar-refractivity contribution in [2.75, 3.05) is 6.26 Å². The van der Waals surface area contributed by atoms with Crippen molar-refractivity contribution in [1.29, 1.82) is 0 Å². The van der Waals surface area contributed by atoms with Crippen LogP contribution in [0, 0.1) is 0 Å². The van der Waals surface area contributed by atoms with Crippen LogP contribution in [0.3, 0.4) is 0 Å². The monoisotopic (exact) mass is 332 g/mol. The SMILES string of the molecule is CS(=O)(=O)c1ccc2nc3c(nc2c1)-c1cccc2cccc-3c12. The Labute approximate surface area is 138 Å². The molecule has 4 nitrogen and oxygen atoms in total. The molecule has 0 bridgehead atoms. The molecule has 1 aromatic heterocycles. The standard InChI is InChI=1S/C19H12N2O2S/c1-24(22,23)12-8-9-15-16(10-12)21-19-14-7-3-5-11-4-2-6-13(17(11)14)18(19)20-15/h2-10H,1H3. The summed E-state index contributed by atoms with van der Waals surface area (Å²) in [6.45, 7) is 0. The zero-order valence-corrected chi connectivity index (χ0v) is 13.6. The molecule has 1 aliphatic rings. The zero-order chi connectivity index (χ0) is 16.5. The van der Waals surface area contributed by atoms with Crippen LogP contribution in [0.25, 0.3) is 44.3 Å². The van der Waals surface area contributed by atoms with Crippen LogP contribution in [0.5, 0.6) is 0 Å². The number of nitrogens with zero attached hydrogens (tertiary/aromatic N) is 2. The molecule has 0 atom stereocenters. The molecule has 3 aromatic carbocycles. The van der Waals surface area contributed by atoms with E-state index in [4.69, 9.17) is 9.97 Å². The number of rotatable bonds is 1. The first-order chi connectivity index (χ1) is 11.5. The molecule has 0 N–H and O–H groups in total. The van der Waals surface area contributed by atoms with Crippen molar-refractivity contribution >= 4 is 31.6 Å². The molecule has 4 aromatic rings. The molecule has 0 spiro atoms. The average molecular weight is 332 g/mol. The Balaban J connectivity index is 1.89. The predicted octanol–water partition coefficient (Wildman–Crippen LogP) is 3.83. The van der Waals surface area contributed by atoms with E-state index in [1.807, 2.05) is 18.2 Å². The maximum absolute atomic E-state index is 11.8. The van der Waals surface area contributed by atoms with Crippen LogP contribution in [0.1, 0.15) is 0 Å². The van der Waals surface area contributed by atoms with Crippen molar-refractivity contribution < 1.29 is 8.42 Å². The molecule has 0 saturated carbocycles. The highest BCUT2D eigenvalue weighted by molar-refractivity contribution is 7.90. The normalized spacial score (nSPS) is 12.7. The number of fused-ring (bicyclic) bond motifs is 4. The minimum atomic E-state index is -3.27. The summed E-state index contributed by atoms with van der Waals surface area (Å²) < 4.78 is 23.6. The van der Waals surface area contributed by atoms with Gasteiger partial charge in [0.1, 0.15) is 0 Å². The van der Waals surface area contributed by atoms with Gasteiger partial charge in [0.05, 0.1) is 27.3 Å². The van der Waals surface area contributed by atoms with Gasteiger partial charge in [-0.2, -0.15) is 0 Å². The van der Waals surface area contributed by atoms with E-state index in [0.29, 0.717) is 11.0 Å². The molecule has 0 amide bonds. The van der Waals surface area contributed by atoms with Crippen LogP contribution in [0.2, 0.25) is 0 Å². The first-order valence-corrected chi connectivity index (χ1v) is 9.46. The third-order valence-corrected chi connectivity index (χ3v) is 5.59. The average Bonchev–Trinajstić information content (AvgIpc) is 2.88. The van der Waals surface area contributed by atoms with E-state index < -0.39 is 9.84 Å². The second kappa shape index (κ2) is 4.39. The van der Waals surface area contributed by atoms with Gasteiger partial charge >= 0.3 is 0 Å². The van der Waals surface area contributed by atoms with Gasteiger partial charge in [0, 0.05) is 22.8 Å². The second-order valence-corrected chi connectivity index (χ2v) is 8.07. The fourth-order valence-corrected chi connectivity index (χ4v) is 4.02. The van der Waals surface area contributed by atoms with Crippen LogP contribution < -0.4 is 0 Å². The lowest BCUT2D eigenvalue weighted by atomic mass is 10.0. The quantitative estimate of drug-likeness (QED) is 0.468. The molecule has 5 heteroatoms. The third-order valence-electron chi connectivity index (χ3n) is 4.48. The molecule has 0 saturated heterocycles. The summed E-state index contributed by atoms with van der Waals surface area (Å²) >= 11 is 0. The van der Waals surface area contributed by atoms with Crippen molar-refractivity contribution in [2.24, 2.45) is 0 Å². The molecular weight excluding hydrogens is 320 g/mol. The predicted molar refractivity (Wildman–Crippen MR) is 94.6 cm³/mol. The lowest BCUT2D eigenvalue weighted by Crippen LogP contribution is -1.98. The van der Waals surface area contributed by atoms with Gasteiger partial charge in [-0.1, -0.05) is 36.4 Å². The molecule has 1 heterocycles. The molecule has 0 radical (unpaired) electrons. The van der Waals surface area contributed by atoms with E-state index in [1.165, 1.54) is 6.26 Å². The summed E-state index contributed by atoms with van der Waals surface area (Å²) in [6.07, 6.45) is 1.20. The molecule has 1 aliphatic carbocycles. The van der Waals surface area contributed by atoms with Crippen molar-refractivity contribution in [3.8, 4) is 22.5 Å². The molecule has 24 heavy (non-hydrogen) atoms. The molecule has 0 fully saturated rings. The molecule has 5 rings (SSSR count). The van der Waals surface area contributed by atoms with Gasteiger partial charge in [0.25, 0.3) is 0 Å². The van der Waals surface area contributed by atoms with Gasteiger partial charge in [0.15, 0.2) is 9.84 Å². The van der Waals surface area contributed by atoms with Crippen LogP contribution in [-0.2, 0) is 9.84 Å². The Hall–Kier alpha value is -2.79. The van der Waals surface area contributed by atoms with Gasteiger partial charge in [-0.05, 0) is 23.6 Å². The van der Waals surface area contributed by atoms with Gasteiger partial charge < -0.3 is 0 Å². The van der Waals surface area contributed by atoms with E-state index in [2.05, 4.69) is 18.2 Å². The number of hydrogen-bond acceptors (Lipinski definition) is 4. The number of aromatic nitrogens is 2. The first-order valence-electron chi connectivity index (χ1n) is 7.57. The van der Waals surface area contributed by atoms with Crippen molar-refractivity contribution in [3.05, 3.63) is 54.6 Å². The van der Waals surface area contributed by atoms with Crippen LogP contribution >= 0.6 is 0 Å². The molecular formula is C19H12N2O2S. The molecule has 116 valence electrons. The van der Waals surface area contributed by atoms with Gasteiger partial charge in [-0.25, -0.2) is 18.4 Å². The molecule has 0 aliphatic heterocycles. The van der Waals surface area contributed by atoms with E-state index in [1.54, 1.807) is 18.2 Å². The fourth-order valence-electron chi connectivity index (χ4n) is 3.38. The van der Waals surface area contributed by atoms with E-state index >= 15 is 0 Å². The number of benzene rings is 3. The lowest BCUT2D eigenvalue weighted by molar-refractivity contribution is 0.602. The van der Waals surface area contributed by atoms with E-state index in [0.717, 1.165) is 33.3 Å². The molecule has 0 unspecified atom stereocenters. The summed E-state index contributed by atoms with van der Waals surface area (Å²) in [4.78, 5) is 9.77. The summed E-state index contributed by atoms with van der Waals surface area (Å²) in [7, 11) is -3.27. The Kier molecular flexibility index (Phi) is 2.49. The van der Waals surface area contributed by atoms with Gasteiger partial charge in [-0.3, -0.25) is 0 Å². The highest BCUT2D eigenvalue weighted by atomic mass is 32.2. The summed E-state index contributed by atoms with van der Waals surface area (Å²) in [5.74, 6) is 0. The summed E-state index contributed by atoms with van der Waals surface area (Å²) in [5, 5.41) is 2.32. The third kappa shape index (κ3) is 1.76. The summed E-state index contributed by atoms with van der Waals surface area (Å²) in [5.41, 5.74) is 5.12. The van der Waals surface area contributed by atoms with E-state index in [9.17, 15) is 8.42 Å². The summed E-state index contributed by atoms with van der Waals surface area (Å²) in [6, 6.07) is 17.2. The lowest BCUT2D eigenvalue weighted by Gasteiger charge is -2.05. The van der Waals surface area contributed by atoms with Crippen LogP contribution in [0.4, 0.5) is 0 Å². The first kappa shape index (κ1) is 13.6. The Bertz CT molecular complexity index is 1270. The van der Waals surface area contributed by atoms with Crippen molar-refractivity contribution in [1.82, 2.24) is 9.97 Å².